The van der Waals surface area contributed by atoms with Crippen molar-refractivity contribution in [1.82, 2.24) is 4.90 Å². The zero-order valence-corrected chi connectivity index (χ0v) is 12.2. The number of ether oxygens (including phenoxy) is 2. The lowest BCUT2D eigenvalue weighted by atomic mass is 10.1. The molecule has 0 saturated carbocycles. The van der Waals surface area contributed by atoms with Crippen LogP contribution in [-0.4, -0.2) is 45.1 Å². The first-order chi connectivity index (χ1) is 8.71. The molecule has 0 bridgehead atoms. The maximum atomic E-state index is 5.68. The van der Waals surface area contributed by atoms with Crippen LogP contribution < -0.4 is 9.47 Å². The summed E-state index contributed by atoms with van der Waals surface area (Å²) in [4.78, 5) is 2.29. The van der Waals surface area contributed by atoms with Crippen LogP contribution in [0.15, 0.2) is 18.2 Å². The van der Waals surface area contributed by atoms with Gasteiger partial charge >= 0.3 is 0 Å². The summed E-state index contributed by atoms with van der Waals surface area (Å²) in [5, 5.41) is 0. The van der Waals surface area contributed by atoms with E-state index in [1.165, 1.54) is 5.56 Å². The number of nitrogens with zero attached hydrogens (tertiary/aromatic N) is 1. The van der Waals surface area contributed by atoms with Crippen LogP contribution in [0.2, 0.25) is 0 Å². The standard InChI is InChI=1S/C14H22ClNO2/c1-16(9-4-8-15)10-7-12-5-6-13(17-2)14(11-12)18-3/h5-6,11H,4,7-10H2,1-3H3. The lowest BCUT2D eigenvalue weighted by Gasteiger charge is -2.16. The first-order valence-electron chi connectivity index (χ1n) is 6.16. The smallest absolute Gasteiger partial charge is 0.160 e. The van der Waals surface area contributed by atoms with Crippen LogP contribution in [0.25, 0.3) is 0 Å². The quantitative estimate of drug-likeness (QED) is 0.679. The van der Waals surface area contributed by atoms with Gasteiger partial charge in [0.15, 0.2) is 11.5 Å². The third-order valence-corrected chi connectivity index (χ3v) is 3.17. The minimum absolute atomic E-state index is 0.723. The molecule has 0 aliphatic rings. The third-order valence-electron chi connectivity index (χ3n) is 2.90. The van der Waals surface area contributed by atoms with E-state index in [0.29, 0.717) is 0 Å². The summed E-state index contributed by atoms with van der Waals surface area (Å²) in [7, 11) is 5.43. The fourth-order valence-electron chi connectivity index (χ4n) is 1.80. The van der Waals surface area contributed by atoms with Crippen LogP contribution in [-0.2, 0) is 6.42 Å². The van der Waals surface area contributed by atoms with Crippen LogP contribution in [0.1, 0.15) is 12.0 Å². The molecule has 3 nitrogen and oxygen atoms in total. The van der Waals surface area contributed by atoms with Gasteiger partial charge in [0, 0.05) is 12.4 Å². The fourth-order valence-corrected chi connectivity index (χ4v) is 1.92. The van der Waals surface area contributed by atoms with Crippen LogP contribution in [0.5, 0.6) is 11.5 Å². The van der Waals surface area contributed by atoms with Gasteiger partial charge in [-0.05, 0) is 44.1 Å². The Labute approximate surface area is 115 Å². The maximum Gasteiger partial charge on any atom is 0.160 e. The molecule has 0 radical (unpaired) electrons. The minimum Gasteiger partial charge on any atom is -0.493 e. The van der Waals surface area contributed by atoms with Crippen LogP contribution in [0, 0.1) is 0 Å². The number of methoxy groups -OCH3 is 2. The van der Waals surface area contributed by atoms with Crippen LogP contribution in [0.3, 0.4) is 0 Å². The molecule has 0 spiro atoms. The highest BCUT2D eigenvalue weighted by Crippen LogP contribution is 2.27. The molecule has 0 unspecified atom stereocenters. The van der Waals surface area contributed by atoms with Crippen molar-refractivity contribution in [3.05, 3.63) is 23.8 Å². The predicted molar refractivity (Wildman–Crippen MR) is 76.1 cm³/mol. The predicted octanol–water partition coefficient (Wildman–Crippen LogP) is 2.81. The van der Waals surface area contributed by atoms with Gasteiger partial charge in [-0.3, -0.25) is 0 Å². The first-order valence-corrected chi connectivity index (χ1v) is 6.70. The van der Waals surface area contributed by atoms with Crippen molar-refractivity contribution in [2.75, 3.05) is 40.2 Å². The second-order valence-corrected chi connectivity index (χ2v) is 4.66. The molecule has 0 fully saturated rings. The van der Waals surface area contributed by atoms with E-state index >= 15 is 0 Å². The molecule has 102 valence electrons. The average molecular weight is 272 g/mol. The Morgan fingerprint density at radius 3 is 2.44 bits per heavy atom. The molecular formula is C14H22ClNO2. The number of alkyl halides is 1. The molecule has 0 aliphatic carbocycles. The van der Waals surface area contributed by atoms with Crippen molar-refractivity contribution in [2.45, 2.75) is 12.8 Å². The van der Waals surface area contributed by atoms with Crippen LogP contribution in [0.4, 0.5) is 0 Å². The SMILES string of the molecule is COc1ccc(CCN(C)CCCCl)cc1OC. The molecule has 0 saturated heterocycles. The van der Waals surface area contributed by atoms with Crippen LogP contribution >= 0.6 is 11.6 Å². The zero-order valence-electron chi connectivity index (χ0n) is 11.4. The van der Waals surface area contributed by atoms with Gasteiger partial charge in [0.05, 0.1) is 14.2 Å². The monoisotopic (exact) mass is 271 g/mol. The van der Waals surface area contributed by atoms with Gasteiger partial charge in [-0.2, -0.15) is 0 Å². The fraction of sp³-hybridized carbons (Fsp3) is 0.571. The van der Waals surface area contributed by atoms with Gasteiger partial charge in [0.1, 0.15) is 0 Å². The minimum atomic E-state index is 0.723. The average Bonchev–Trinajstić information content (AvgIpc) is 2.42. The van der Waals surface area contributed by atoms with E-state index in [1.54, 1.807) is 14.2 Å². The van der Waals surface area contributed by atoms with Gasteiger partial charge in [0.2, 0.25) is 0 Å². The lowest BCUT2D eigenvalue weighted by Crippen LogP contribution is -2.22. The lowest BCUT2D eigenvalue weighted by molar-refractivity contribution is 0.338. The Hall–Kier alpha value is -0.930. The van der Waals surface area contributed by atoms with E-state index in [1.807, 2.05) is 12.1 Å². The largest absolute Gasteiger partial charge is 0.493 e. The van der Waals surface area contributed by atoms with Gasteiger partial charge < -0.3 is 14.4 Å². The molecule has 1 aromatic rings. The molecule has 1 rings (SSSR count). The van der Waals surface area contributed by atoms with Crippen molar-refractivity contribution in [1.29, 1.82) is 0 Å². The molecule has 0 amide bonds. The van der Waals surface area contributed by atoms with Crippen molar-refractivity contribution < 1.29 is 9.47 Å². The summed E-state index contributed by atoms with van der Waals surface area (Å²) < 4.78 is 10.5. The van der Waals surface area contributed by atoms with Crippen molar-refractivity contribution >= 4 is 11.6 Å². The van der Waals surface area contributed by atoms with E-state index in [4.69, 9.17) is 21.1 Å². The summed E-state index contributed by atoms with van der Waals surface area (Å²) in [6.07, 6.45) is 2.03. The van der Waals surface area contributed by atoms with E-state index < -0.39 is 0 Å². The molecule has 0 atom stereocenters. The van der Waals surface area contributed by atoms with E-state index in [2.05, 4.69) is 18.0 Å². The number of hydrogen-bond donors (Lipinski definition) is 0. The maximum absolute atomic E-state index is 5.68. The summed E-state index contributed by atoms with van der Waals surface area (Å²) in [5.74, 6) is 2.29. The molecule has 0 aliphatic heterocycles. The third kappa shape index (κ3) is 4.75. The first kappa shape index (κ1) is 15.1. The van der Waals surface area contributed by atoms with Crippen molar-refractivity contribution in [3.8, 4) is 11.5 Å². The highest BCUT2D eigenvalue weighted by Gasteiger charge is 2.05. The normalized spacial score (nSPS) is 10.7. The highest BCUT2D eigenvalue weighted by molar-refractivity contribution is 6.17. The Morgan fingerprint density at radius 2 is 1.83 bits per heavy atom. The zero-order chi connectivity index (χ0) is 13.4. The van der Waals surface area contributed by atoms with Crippen molar-refractivity contribution in [2.24, 2.45) is 0 Å². The summed E-state index contributed by atoms with van der Waals surface area (Å²) in [6, 6.07) is 6.07. The molecular weight excluding hydrogens is 250 g/mol. The van der Waals surface area contributed by atoms with E-state index in [-0.39, 0.29) is 0 Å². The Bertz CT molecular complexity index is 358. The summed E-state index contributed by atoms with van der Waals surface area (Å²) >= 11 is 5.68. The second-order valence-electron chi connectivity index (χ2n) is 4.29. The van der Waals surface area contributed by atoms with Gasteiger partial charge in [-0.15, -0.1) is 11.6 Å². The number of benzene rings is 1. The Balaban J connectivity index is 2.52. The van der Waals surface area contributed by atoms with Gasteiger partial charge in [-0.1, -0.05) is 6.07 Å². The molecule has 18 heavy (non-hydrogen) atoms. The Kier molecular flexibility index (Phi) is 6.91. The molecule has 4 heteroatoms. The molecule has 0 heterocycles. The summed E-state index contributed by atoms with van der Waals surface area (Å²) in [5.41, 5.74) is 1.25. The van der Waals surface area contributed by atoms with Crippen molar-refractivity contribution in [3.63, 3.8) is 0 Å². The van der Waals surface area contributed by atoms with E-state index in [9.17, 15) is 0 Å². The van der Waals surface area contributed by atoms with Gasteiger partial charge in [0.25, 0.3) is 0 Å². The van der Waals surface area contributed by atoms with Gasteiger partial charge in [-0.25, -0.2) is 0 Å². The number of rotatable bonds is 8. The second kappa shape index (κ2) is 8.22. The Morgan fingerprint density at radius 1 is 1.11 bits per heavy atom. The molecule has 0 N–H and O–H groups in total. The molecule has 1 aromatic carbocycles. The van der Waals surface area contributed by atoms with E-state index in [0.717, 1.165) is 43.3 Å². The highest BCUT2D eigenvalue weighted by atomic mass is 35.5. The topological polar surface area (TPSA) is 21.7 Å². The summed E-state index contributed by atoms with van der Waals surface area (Å²) in [6.45, 7) is 2.06. The number of likely N-dealkylation sites (N-methyl/N-ethyl adjacent to an activating group) is 1. The number of halogens is 1. The number of hydrogen-bond acceptors (Lipinski definition) is 3. The molecule has 0 aromatic heterocycles.